The van der Waals surface area contributed by atoms with E-state index in [9.17, 15) is 9.90 Å². The molecule has 1 saturated heterocycles. The van der Waals surface area contributed by atoms with Crippen molar-refractivity contribution in [2.45, 2.75) is 38.6 Å². The Morgan fingerprint density at radius 1 is 1.45 bits per heavy atom. The fraction of sp³-hybridized carbons (Fsp3) is 0.588. The predicted octanol–water partition coefficient (Wildman–Crippen LogP) is 2.62. The number of aliphatic hydroxyl groups is 1. The van der Waals surface area contributed by atoms with Crippen molar-refractivity contribution < 1.29 is 9.90 Å². The molecule has 1 aromatic carbocycles. The summed E-state index contributed by atoms with van der Waals surface area (Å²) < 4.78 is 0. The highest BCUT2D eigenvalue weighted by Gasteiger charge is 2.22. The summed E-state index contributed by atoms with van der Waals surface area (Å²) in [6.07, 6.45) is 4.27. The van der Waals surface area contributed by atoms with Crippen LogP contribution in [0, 0.1) is 6.92 Å². The lowest BCUT2D eigenvalue weighted by atomic mass is 10.1. The summed E-state index contributed by atoms with van der Waals surface area (Å²) in [5.74, 6) is -0.0471. The second kappa shape index (κ2) is 8.51. The largest absolute Gasteiger partial charge is 0.395 e. The predicted molar refractivity (Wildman–Crippen MR) is 89.4 cm³/mol. The average molecular weight is 325 g/mol. The van der Waals surface area contributed by atoms with E-state index in [0.29, 0.717) is 23.2 Å². The summed E-state index contributed by atoms with van der Waals surface area (Å²) in [6, 6.07) is 5.66. The van der Waals surface area contributed by atoms with Gasteiger partial charge in [0, 0.05) is 23.2 Å². The monoisotopic (exact) mass is 324 g/mol. The second-order valence-corrected chi connectivity index (χ2v) is 6.35. The summed E-state index contributed by atoms with van der Waals surface area (Å²) in [7, 11) is 0. The van der Waals surface area contributed by atoms with E-state index in [-0.39, 0.29) is 12.5 Å². The number of benzene rings is 1. The van der Waals surface area contributed by atoms with E-state index in [1.54, 1.807) is 12.1 Å². The number of aliphatic hydroxyl groups excluding tert-OH is 1. The van der Waals surface area contributed by atoms with Crippen LogP contribution in [-0.2, 0) is 0 Å². The van der Waals surface area contributed by atoms with Crippen molar-refractivity contribution in [3.8, 4) is 0 Å². The Morgan fingerprint density at radius 2 is 2.27 bits per heavy atom. The molecular formula is C17H25ClN2O2. The van der Waals surface area contributed by atoms with Gasteiger partial charge in [-0.05, 0) is 69.5 Å². The first-order chi connectivity index (χ1) is 10.6. The number of hydrogen-bond acceptors (Lipinski definition) is 3. The van der Waals surface area contributed by atoms with Crippen LogP contribution in [-0.4, -0.2) is 48.2 Å². The summed E-state index contributed by atoms with van der Waals surface area (Å²) in [6.45, 7) is 4.92. The van der Waals surface area contributed by atoms with Gasteiger partial charge >= 0.3 is 0 Å². The van der Waals surface area contributed by atoms with Crippen LogP contribution in [0.2, 0.25) is 5.02 Å². The number of carbonyl (C=O) groups is 1. The number of aryl methyl sites for hydroxylation is 1. The van der Waals surface area contributed by atoms with Crippen molar-refractivity contribution in [1.29, 1.82) is 0 Å². The highest BCUT2D eigenvalue weighted by molar-refractivity contribution is 6.31. The van der Waals surface area contributed by atoms with Crippen molar-refractivity contribution in [1.82, 2.24) is 10.2 Å². The van der Waals surface area contributed by atoms with Crippen LogP contribution in [0.25, 0.3) is 0 Å². The minimum Gasteiger partial charge on any atom is -0.395 e. The minimum absolute atomic E-state index is 0.0471. The van der Waals surface area contributed by atoms with Crippen molar-refractivity contribution in [2.24, 2.45) is 0 Å². The van der Waals surface area contributed by atoms with E-state index in [1.807, 2.05) is 13.0 Å². The molecule has 1 aliphatic rings. The maximum Gasteiger partial charge on any atom is 0.251 e. The van der Waals surface area contributed by atoms with Gasteiger partial charge in [0.25, 0.3) is 5.91 Å². The molecule has 1 aromatic rings. The molecule has 0 aromatic heterocycles. The summed E-state index contributed by atoms with van der Waals surface area (Å²) >= 11 is 5.96. The third-order valence-electron chi connectivity index (χ3n) is 4.29. The van der Waals surface area contributed by atoms with Gasteiger partial charge in [0.05, 0.1) is 6.61 Å². The first kappa shape index (κ1) is 17.3. The van der Waals surface area contributed by atoms with Crippen LogP contribution in [0.15, 0.2) is 18.2 Å². The maximum atomic E-state index is 12.0. The number of rotatable bonds is 7. The summed E-state index contributed by atoms with van der Waals surface area (Å²) in [5, 5.41) is 12.9. The Balaban J connectivity index is 1.66. The standard InChI is InChI=1S/C17H25ClN2O2/c1-13-11-14(6-7-16(13)18)17(22)19-8-2-3-9-20-10-4-5-15(20)12-21/h6-7,11,15,21H,2-5,8-10,12H2,1H3,(H,19,22). The fourth-order valence-electron chi connectivity index (χ4n) is 2.93. The normalized spacial score (nSPS) is 18.6. The van der Waals surface area contributed by atoms with E-state index >= 15 is 0 Å². The van der Waals surface area contributed by atoms with Gasteiger partial charge in [-0.25, -0.2) is 0 Å². The Bertz CT molecular complexity index is 507. The maximum absolute atomic E-state index is 12.0. The number of nitrogens with zero attached hydrogens (tertiary/aromatic N) is 1. The Labute approximate surface area is 137 Å². The molecule has 1 fully saturated rings. The number of hydrogen-bond donors (Lipinski definition) is 2. The van der Waals surface area contributed by atoms with Crippen LogP contribution in [0.1, 0.15) is 41.6 Å². The number of carbonyl (C=O) groups excluding carboxylic acids is 1. The first-order valence-corrected chi connectivity index (χ1v) is 8.39. The third kappa shape index (κ3) is 4.70. The Hall–Kier alpha value is -1.10. The smallest absolute Gasteiger partial charge is 0.251 e. The molecule has 122 valence electrons. The quantitative estimate of drug-likeness (QED) is 0.758. The molecule has 22 heavy (non-hydrogen) atoms. The molecule has 2 rings (SSSR count). The lowest BCUT2D eigenvalue weighted by molar-refractivity contribution is 0.0952. The van der Waals surface area contributed by atoms with Crippen molar-refractivity contribution >= 4 is 17.5 Å². The van der Waals surface area contributed by atoms with E-state index < -0.39 is 0 Å². The molecule has 5 heteroatoms. The van der Waals surface area contributed by atoms with Crippen molar-refractivity contribution in [2.75, 3.05) is 26.2 Å². The van der Waals surface area contributed by atoms with Gasteiger partial charge in [0.2, 0.25) is 0 Å². The summed E-state index contributed by atoms with van der Waals surface area (Å²) in [4.78, 5) is 14.4. The topological polar surface area (TPSA) is 52.6 Å². The lowest BCUT2D eigenvalue weighted by Crippen LogP contribution is -2.33. The Morgan fingerprint density at radius 3 is 3.00 bits per heavy atom. The molecule has 1 atom stereocenters. The van der Waals surface area contributed by atoms with Gasteiger partial charge in [-0.3, -0.25) is 9.69 Å². The Kier molecular flexibility index (Phi) is 6.68. The van der Waals surface area contributed by atoms with Gasteiger partial charge < -0.3 is 10.4 Å². The van der Waals surface area contributed by atoms with Crippen LogP contribution < -0.4 is 5.32 Å². The van der Waals surface area contributed by atoms with Crippen LogP contribution in [0.5, 0.6) is 0 Å². The zero-order valence-electron chi connectivity index (χ0n) is 13.1. The summed E-state index contributed by atoms with van der Waals surface area (Å²) in [5.41, 5.74) is 1.57. The van der Waals surface area contributed by atoms with Gasteiger partial charge in [-0.2, -0.15) is 0 Å². The fourth-order valence-corrected chi connectivity index (χ4v) is 3.04. The van der Waals surface area contributed by atoms with E-state index in [2.05, 4.69) is 10.2 Å². The van der Waals surface area contributed by atoms with Crippen molar-refractivity contribution in [3.63, 3.8) is 0 Å². The molecule has 0 bridgehead atoms. The third-order valence-corrected chi connectivity index (χ3v) is 4.71. The molecular weight excluding hydrogens is 300 g/mol. The number of halogens is 1. The number of likely N-dealkylation sites (tertiary alicyclic amines) is 1. The van der Waals surface area contributed by atoms with E-state index in [1.165, 1.54) is 6.42 Å². The molecule has 1 aliphatic heterocycles. The number of nitrogens with one attached hydrogen (secondary N) is 1. The van der Waals surface area contributed by atoms with E-state index in [4.69, 9.17) is 11.6 Å². The lowest BCUT2D eigenvalue weighted by Gasteiger charge is -2.22. The first-order valence-electron chi connectivity index (χ1n) is 8.01. The van der Waals surface area contributed by atoms with Crippen LogP contribution in [0.4, 0.5) is 0 Å². The highest BCUT2D eigenvalue weighted by atomic mass is 35.5. The minimum atomic E-state index is -0.0471. The van der Waals surface area contributed by atoms with Gasteiger partial charge in [0.1, 0.15) is 0 Å². The van der Waals surface area contributed by atoms with Crippen LogP contribution >= 0.6 is 11.6 Å². The number of amides is 1. The highest BCUT2D eigenvalue weighted by Crippen LogP contribution is 2.17. The molecule has 4 nitrogen and oxygen atoms in total. The molecule has 1 amide bonds. The van der Waals surface area contributed by atoms with Crippen molar-refractivity contribution in [3.05, 3.63) is 34.3 Å². The number of unbranched alkanes of at least 4 members (excludes halogenated alkanes) is 1. The molecule has 0 saturated carbocycles. The molecule has 0 radical (unpaired) electrons. The SMILES string of the molecule is Cc1cc(C(=O)NCCCCN2CCCC2CO)ccc1Cl. The van der Waals surface area contributed by atoms with E-state index in [0.717, 1.165) is 37.9 Å². The molecule has 2 N–H and O–H groups in total. The molecule has 0 aliphatic carbocycles. The average Bonchev–Trinajstić information content (AvgIpc) is 2.97. The van der Waals surface area contributed by atoms with Crippen LogP contribution in [0.3, 0.4) is 0 Å². The van der Waals surface area contributed by atoms with Gasteiger partial charge in [-0.1, -0.05) is 11.6 Å². The molecule has 0 spiro atoms. The zero-order chi connectivity index (χ0) is 15.9. The second-order valence-electron chi connectivity index (χ2n) is 5.94. The molecule has 1 heterocycles. The zero-order valence-corrected chi connectivity index (χ0v) is 13.9. The molecule has 1 unspecified atom stereocenters. The van der Waals surface area contributed by atoms with Gasteiger partial charge in [-0.15, -0.1) is 0 Å². The van der Waals surface area contributed by atoms with Gasteiger partial charge in [0.15, 0.2) is 0 Å².